The average molecular weight is 364 g/mol. The van der Waals surface area contributed by atoms with Gasteiger partial charge >= 0.3 is 7.82 Å². The molecule has 0 aromatic heterocycles. The van der Waals surface area contributed by atoms with E-state index in [0.29, 0.717) is 0 Å². The van der Waals surface area contributed by atoms with Crippen LogP contribution in [0.5, 0.6) is 11.5 Å². The predicted octanol–water partition coefficient (Wildman–Crippen LogP) is 5.59. The van der Waals surface area contributed by atoms with E-state index < -0.39 is 25.6 Å². The van der Waals surface area contributed by atoms with Crippen molar-refractivity contribution in [3.63, 3.8) is 0 Å². The summed E-state index contributed by atoms with van der Waals surface area (Å²) in [4.78, 5) is 0. The number of benzene rings is 2. The lowest BCUT2D eigenvalue weighted by Gasteiger charge is -2.23. The molecular formula is C18H15F2O4P. The smallest absolute Gasteiger partial charge is 0.395 e. The first-order valence-electron chi connectivity index (χ1n) is 7.54. The lowest BCUT2D eigenvalue weighted by atomic mass is 10.1. The van der Waals surface area contributed by atoms with Gasteiger partial charge in [-0.2, -0.15) is 0 Å². The molecule has 3 rings (SSSR count). The van der Waals surface area contributed by atoms with E-state index in [4.69, 9.17) is 13.6 Å². The lowest BCUT2D eigenvalue weighted by Crippen LogP contribution is -2.15. The van der Waals surface area contributed by atoms with Crippen LogP contribution in [-0.2, 0) is 9.09 Å². The van der Waals surface area contributed by atoms with Gasteiger partial charge in [0.05, 0.1) is 6.10 Å². The number of hydrogen-bond acceptors (Lipinski definition) is 4. The van der Waals surface area contributed by atoms with Crippen LogP contribution in [0.2, 0.25) is 0 Å². The third-order valence-corrected chi connectivity index (χ3v) is 4.67. The van der Waals surface area contributed by atoms with E-state index in [1.807, 2.05) is 0 Å². The summed E-state index contributed by atoms with van der Waals surface area (Å²) in [6, 6.07) is 13.3. The number of halogens is 2. The molecule has 25 heavy (non-hydrogen) atoms. The van der Waals surface area contributed by atoms with Gasteiger partial charge in [-0.15, -0.1) is 0 Å². The fourth-order valence-corrected chi connectivity index (χ4v) is 3.49. The van der Waals surface area contributed by atoms with Crippen LogP contribution in [0.25, 0.3) is 0 Å². The van der Waals surface area contributed by atoms with Crippen LogP contribution in [0, 0.1) is 5.82 Å². The van der Waals surface area contributed by atoms with Crippen molar-refractivity contribution in [1.82, 2.24) is 0 Å². The fraction of sp³-hybridized carbons (Fsp3) is 0.111. The molecule has 0 fully saturated rings. The van der Waals surface area contributed by atoms with Crippen LogP contribution in [0.4, 0.5) is 8.78 Å². The van der Waals surface area contributed by atoms with Crippen LogP contribution >= 0.6 is 7.82 Å². The first-order chi connectivity index (χ1) is 12.0. The van der Waals surface area contributed by atoms with Crippen LogP contribution in [-0.4, -0.2) is 6.10 Å². The molecule has 2 aromatic rings. The van der Waals surface area contributed by atoms with Gasteiger partial charge in [0.15, 0.2) is 0 Å². The summed E-state index contributed by atoms with van der Waals surface area (Å²) in [6.07, 6.45) is 3.49. The second-order valence-electron chi connectivity index (χ2n) is 5.22. The molecule has 1 aliphatic rings. The summed E-state index contributed by atoms with van der Waals surface area (Å²) in [7, 11) is -4.09. The van der Waals surface area contributed by atoms with Gasteiger partial charge in [-0.05, 0) is 55.0 Å². The van der Waals surface area contributed by atoms with Crippen molar-refractivity contribution in [2.75, 3.05) is 0 Å². The zero-order valence-electron chi connectivity index (χ0n) is 13.0. The zero-order valence-corrected chi connectivity index (χ0v) is 13.9. The van der Waals surface area contributed by atoms with Crippen molar-refractivity contribution in [1.29, 1.82) is 0 Å². The Labute approximate surface area is 144 Å². The minimum Gasteiger partial charge on any atom is -0.395 e. The minimum atomic E-state index is -4.09. The van der Waals surface area contributed by atoms with Crippen LogP contribution in [0.15, 0.2) is 78.7 Å². The van der Waals surface area contributed by atoms with E-state index in [1.54, 1.807) is 30.3 Å². The van der Waals surface area contributed by atoms with Crippen molar-refractivity contribution >= 4 is 7.82 Å². The second-order valence-corrected chi connectivity index (χ2v) is 6.69. The molecule has 0 heterocycles. The number of rotatable bonds is 6. The highest BCUT2D eigenvalue weighted by atomic mass is 31.2. The van der Waals surface area contributed by atoms with Crippen molar-refractivity contribution in [2.45, 2.75) is 12.5 Å². The molecule has 4 nitrogen and oxygen atoms in total. The second kappa shape index (κ2) is 7.64. The molecule has 0 N–H and O–H groups in total. The number of para-hydroxylation sites is 1. The van der Waals surface area contributed by atoms with Gasteiger partial charge in [-0.3, -0.25) is 4.52 Å². The highest BCUT2D eigenvalue weighted by Gasteiger charge is 2.34. The van der Waals surface area contributed by atoms with Crippen molar-refractivity contribution in [2.24, 2.45) is 0 Å². The maximum Gasteiger partial charge on any atom is 0.588 e. The monoisotopic (exact) mass is 364 g/mol. The standard InChI is InChI=1S/C18H15F2O4P/c19-14-6-10-17(11-7-14)23-25(21,22-16-4-2-1-3-5-16)24-18-12-8-15(20)9-13-18/h1-12,18H,13H2. The predicted molar refractivity (Wildman–Crippen MR) is 89.5 cm³/mol. The van der Waals surface area contributed by atoms with E-state index in [-0.39, 0.29) is 17.9 Å². The Morgan fingerprint density at radius 3 is 2.16 bits per heavy atom. The Balaban J connectivity index is 1.81. The Bertz CT molecular complexity index is 819. The Morgan fingerprint density at radius 2 is 1.56 bits per heavy atom. The number of phosphoric acid groups is 1. The van der Waals surface area contributed by atoms with Gasteiger partial charge in [0, 0.05) is 0 Å². The van der Waals surface area contributed by atoms with Crippen LogP contribution in [0.3, 0.4) is 0 Å². The van der Waals surface area contributed by atoms with Crippen molar-refractivity contribution in [3.8, 4) is 11.5 Å². The van der Waals surface area contributed by atoms with Gasteiger partial charge < -0.3 is 9.05 Å². The summed E-state index contributed by atoms with van der Waals surface area (Å²) in [6.45, 7) is 0. The largest absolute Gasteiger partial charge is 0.588 e. The molecule has 0 spiro atoms. The first-order valence-corrected chi connectivity index (χ1v) is 9.01. The third kappa shape index (κ3) is 5.02. The fourth-order valence-electron chi connectivity index (χ4n) is 2.12. The lowest BCUT2D eigenvalue weighted by molar-refractivity contribution is 0.172. The Morgan fingerprint density at radius 1 is 0.920 bits per heavy atom. The van der Waals surface area contributed by atoms with Gasteiger partial charge in [-0.25, -0.2) is 13.3 Å². The molecule has 2 aromatic carbocycles. The third-order valence-electron chi connectivity index (χ3n) is 3.27. The van der Waals surface area contributed by atoms with E-state index in [0.717, 1.165) is 0 Å². The summed E-state index contributed by atoms with van der Waals surface area (Å²) in [5.41, 5.74) is 0. The van der Waals surface area contributed by atoms with Crippen LogP contribution < -0.4 is 9.05 Å². The maximum absolute atomic E-state index is 13.1. The topological polar surface area (TPSA) is 44.8 Å². The molecular weight excluding hydrogens is 349 g/mol. The van der Waals surface area contributed by atoms with Gasteiger partial charge in [-0.1, -0.05) is 24.3 Å². The summed E-state index contributed by atoms with van der Waals surface area (Å²) in [5, 5.41) is 0. The molecule has 0 amide bonds. The van der Waals surface area contributed by atoms with Gasteiger partial charge in [0.1, 0.15) is 23.1 Å². The van der Waals surface area contributed by atoms with E-state index >= 15 is 0 Å². The molecule has 0 aliphatic heterocycles. The summed E-state index contributed by atoms with van der Waals surface area (Å²) in [5.74, 6) is -0.433. The quantitative estimate of drug-likeness (QED) is 0.627. The molecule has 0 saturated heterocycles. The minimum absolute atomic E-state index is 0.127. The first kappa shape index (κ1) is 17.4. The normalized spacial score (nSPS) is 19.0. The summed E-state index contributed by atoms with van der Waals surface area (Å²) >= 11 is 0. The average Bonchev–Trinajstić information content (AvgIpc) is 2.60. The van der Waals surface area contributed by atoms with Crippen molar-refractivity contribution < 1.29 is 26.9 Å². The maximum atomic E-state index is 13.1. The molecule has 0 radical (unpaired) electrons. The molecule has 7 heteroatoms. The number of hydrogen-bond donors (Lipinski definition) is 0. The molecule has 2 unspecified atom stereocenters. The molecule has 0 saturated carbocycles. The van der Waals surface area contributed by atoms with E-state index in [9.17, 15) is 13.3 Å². The number of allylic oxidation sites excluding steroid dienone is 2. The summed E-state index contributed by atoms with van der Waals surface area (Å²) < 4.78 is 55.5. The zero-order chi connectivity index (χ0) is 17.7. The molecule has 0 bridgehead atoms. The number of phosphoric ester groups is 1. The SMILES string of the molecule is O=P(Oc1ccccc1)(Oc1ccc(F)cc1)OC1C=CC(F)=CC1. The van der Waals surface area contributed by atoms with Gasteiger partial charge in [0.25, 0.3) is 0 Å². The highest BCUT2D eigenvalue weighted by molar-refractivity contribution is 7.49. The van der Waals surface area contributed by atoms with Crippen LogP contribution in [0.1, 0.15) is 6.42 Å². The van der Waals surface area contributed by atoms with Crippen molar-refractivity contribution in [3.05, 3.63) is 84.5 Å². The Hall–Kier alpha value is -2.43. The Kier molecular flexibility index (Phi) is 5.31. The molecule has 1 aliphatic carbocycles. The van der Waals surface area contributed by atoms with E-state index in [2.05, 4.69) is 0 Å². The highest BCUT2D eigenvalue weighted by Crippen LogP contribution is 2.51. The van der Waals surface area contributed by atoms with Gasteiger partial charge in [0.2, 0.25) is 0 Å². The van der Waals surface area contributed by atoms with E-state index in [1.165, 1.54) is 42.5 Å². The molecule has 130 valence electrons. The molecule has 2 atom stereocenters.